The standard InChI is InChI=1S/C21H15ClF6N4O/c22-13-7-11(6-12(8-13)20(23,24)25)19(33)30-16-2-1-3-17-15(16)10-32(31-17)14-4-5-29-18(9-14)21(26,27)28/h4-10,16H,1-3H2,(H,30,33)/t16-/m0/s1. The molecule has 0 saturated carbocycles. The number of benzene rings is 1. The Morgan fingerprint density at radius 1 is 1.09 bits per heavy atom. The van der Waals surface area contributed by atoms with Crippen molar-refractivity contribution in [2.75, 3.05) is 0 Å². The molecular formula is C21H15ClF6N4O. The first kappa shape index (κ1) is 23.1. The lowest BCUT2D eigenvalue weighted by molar-refractivity contribution is -0.141. The van der Waals surface area contributed by atoms with Crippen LogP contribution in [-0.2, 0) is 18.8 Å². The van der Waals surface area contributed by atoms with Crippen molar-refractivity contribution in [2.45, 2.75) is 37.7 Å². The van der Waals surface area contributed by atoms with E-state index in [1.54, 1.807) is 0 Å². The lowest BCUT2D eigenvalue weighted by atomic mass is 9.93. The van der Waals surface area contributed by atoms with Crippen LogP contribution in [0.5, 0.6) is 0 Å². The summed E-state index contributed by atoms with van der Waals surface area (Å²) in [6.45, 7) is 0. The van der Waals surface area contributed by atoms with E-state index >= 15 is 0 Å². The number of hydrogen-bond donors (Lipinski definition) is 1. The highest BCUT2D eigenvalue weighted by Crippen LogP contribution is 2.34. The van der Waals surface area contributed by atoms with Crippen molar-refractivity contribution < 1.29 is 31.1 Å². The number of carbonyl (C=O) groups excluding carboxylic acids is 1. The number of pyridine rings is 1. The third-order valence-electron chi connectivity index (χ3n) is 5.20. The van der Waals surface area contributed by atoms with Crippen molar-refractivity contribution >= 4 is 17.5 Å². The molecule has 1 aliphatic rings. The Morgan fingerprint density at radius 3 is 2.55 bits per heavy atom. The fourth-order valence-electron chi connectivity index (χ4n) is 3.66. The number of aromatic nitrogens is 3. The summed E-state index contributed by atoms with van der Waals surface area (Å²) in [6.07, 6.45) is -5.10. The van der Waals surface area contributed by atoms with Gasteiger partial charge in [-0.25, -0.2) is 4.68 Å². The molecule has 3 aromatic rings. The molecule has 33 heavy (non-hydrogen) atoms. The average molecular weight is 489 g/mol. The first-order chi connectivity index (χ1) is 15.4. The van der Waals surface area contributed by atoms with Gasteiger partial charge in [-0.1, -0.05) is 11.6 Å². The van der Waals surface area contributed by atoms with E-state index in [1.165, 1.54) is 16.9 Å². The van der Waals surface area contributed by atoms with E-state index in [0.29, 0.717) is 36.6 Å². The van der Waals surface area contributed by atoms with Gasteiger partial charge in [-0.05, 0) is 49.6 Å². The second-order valence-corrected chi connectivity index (χ2v) is 7.95. The Bertz CT molecular complexity index is 1200. The summed E-state index contributed by atoms with van der Waals surface area (Å²) in [5.41, 5.74) is -1.06. The van der Waals surface area contributed by atoms with Gasteiger partial charge in [-0.2, -0.15) is 31.4 Å². The van der Waals surface area contributed by atoms with E-state index in [4.69, 9.17) is 11.6 Å². The summed E-state index contributed by atoms with van der Waals surface area (Å²) in [4.78, 5) is 16.0. The lowest BCUT2D eigenvalue weighted by Crippen LogP contribution is -2.30. The number of fused-ring (bicyclic) bond motifs is 1. The predicted octanol–water partition coefficient (Wildman–Crippen LogP) is 5.77. The first-order valence-electron chi connectivity index (χ1n) is 9.72. The van der Waals surface area contributed by atoms with Crippen LogP contribution in [0.25, 0.3) is 5.69 Å². The quantitative estimate of drug-likeness (QED) is 0.476. The number of carbonyl (C=O) groups is 1. The zero-order valence-electron chi connectivity index (χ0n) is 16.6. The van der Waals surface area contributed by atoms with Crippen LogP contribution in [0.15, 0.2) is 42.7 Å². The number of halogens is 7. The molecule has 4 rings (SSSR count). The molecule has 0 radical (unpaired) electrons. The molecule has 0 unspecified atom stereocenters. The Kier molecular flexibility index (Phi) is 5.85. The summed E-state index contributed by atoms with van der Waals surface area (Å²) in [5, 5.41) is 6.79. The normalized spacial score (nSPS) is 16.4. The number of nitrogens with one attached hydrogen (secondary N) is 1. The topological polar surface area (TPSA) is 59.8 Å². The van der Waals surface area contributed by atoms with E-state index in [9.17, 15) is 31.1 Å². The van der Waals surface area contributed by atoms with Crippen molar-refractivity contribution in [2.24, 2.45) is 0 Å². The molecule has 1 atom stereocenters. The van der Waals surface area contributed by atoms with E-state index in [1.807, 2.05) is 0 Å². The summed E-state index contributed by atoms with van der Waals surface area (Å²) in [5.74, 6) is -0.753. The highest BCUT2D eigenvalue weighted by atomic mass is 35.5. The fourth-order valence-corrected chi connectivity index (χ4v) is 3.90. The maximum Gasteiger partial charge on any atom is 0.433 e. The zero-order chi connectivity index (χ0) is 24.0. The van der Waals surface area contributed by atoms with Gasteiger partial charge >= 0.3 is 12.4 Å². The Hall–Kier alpha value is -3.08. The maximum absolute atomic E-state index is 13.1. The number of aryl methyl sites for hydroxylation is 1. The second kappa shape index (κ2) is 8.36. The molecule has 5 nitrogen and oxygen atoms in total. The SMILES string of the molecule is O=C(N[C@H]1CCCc2nn(-c3ccnc(C(F)(F)F)c3)cc21)c1cc(Cl)cc(C(F)(F)F)c1. The van der Waals surface area contributed by atoms with Crippen LogP contribution in [-0.4, -0.2) is 20.7 Å². The van der Waals surface area contributed by atoms with Crippen molar-refractivity contribution in [3.8, 4) is 5.69 Å². The summed E-state index contributed by atoms with van der Waals surface area (Å²) >= 11 is 5.76. The van der Waals surface area contributed by atoms with Gasteiger partial charge in [0.05, 0.1) is 23.0 Å². The van der Waals surface area contributed by atoms with Crippen LogP contribution in [0, 0.1) is 0 Å². The number of nitrogens with zero attached hydrogens (tertiary/aromatic N) is 3. The zero-order valence-corrected chi connectivity index (χ0v) is 17.4. The van der Waals surface area contributed by atoms with Gasteiger partial charge in [0, 0.05) is 28.5 Å². The van der Waals surface area contributed by atoms with Crippen LogP contribution >= 0.6 is 11.6 Å². The van der Waals surface area contributed by atoms with Crippen molar-refractivity contribution in [1.82, 2.24) is 20.1 Å². The largest absolute Gasteiger partial charge is 0.433 e. The van der Waals surface area contributed by atoms with Crippen molar-refractivity contribution in [1.29, 1.82) is 0 Å². The van der Waals surface area contributed by atoms with E-state index in [0.717, 1.165) is 24.4 Å². The molecule has 2 aromatic heterocycles. The Labute approximate surface area is 188 Å². The molecule has 174 valence electrons. The molecule has 1 aromatic carbocycles. The van der Waals surface area contributed by atoms with Crippen LogP contribution in [0.3, 0.4) is 0 Å². The molecule has 0 aliphatic heterocycles. The highest BCUT2D eigenvalue weighted by molar-refractivity contribution is 6.31. The van der Waals surface area contributed by atoms with E-state index in [-0.39, 0.29) is 16.3 Å². The minimum Gasteiger partial charge on any atom is -0.345 e. The summed E-state index contributed by atoms with van der Waals surface area (Å²) in [6, 6.07) is 4.22. The van der Waals surface area contributed by atoms with Crippen LogP contribution in [0.2, 0.25) is 5.02 Å². The molecule has 1 N–H and O–H groups in total. The first-order valence-corrected chi connectivity index (χ1v) is 10.1. The van der Waals surface area contributed by atoms with Gasteiger partial charge in [0.1, 0.15) is 5.69 Å². The van der Waals surface area contributed by atoms with Gasteiger partial charge in [-0.15, -0.1) is 0 Å². The smallest absolute Gasteiger partial charge is 0.345 e. The highest BCUT2D eigenvalue weighted by Gasteiger charge is 2.34. The van der Waals surface area contributed by atoms with Crippen LogP contribution < -0.4 is 5.32 Å². The number of rotatable bonds is 3. The van der Waals surface area contributed by atoms with Gasteiger partial charge in [0.2, 0.25) is 0 Å². The molecular weight excluding hydrogens is 474 g/mol. The Morgan fingerprint density at radius 2 is 1.85 bits per heavy atom. The Balaban J connectivity index is 1.61. The molecule has 2 heterocycles. The minimum absolute atomic E-state index is 0.140. The molecule has 0 spiro atoms. The second-order valence-electron chi connectivity index (χ2n) is 7.52. The average Bonchev–Trinajstić information content (AvgIpc) is 3.17. The molecule has 0 bridgehead atoms. The molecule has 1 amide bonds. The summed E-state index contributed by atoms with van der Waals surface area (Å²) < 4.78 is 79.4. The van der Waals surface area contributed by atoms with Gasteiger partial charge in [-0.3, -0.25) is 9.78 Å². The number of amides is 1. The third-order valence-corrected chi connectivity index (χ3v) is 5.41. The van der Waals surface area contributed by atoms with Crippen LogP contribution in [0.1, 0.15) is 51.8 Å². The molecule has 0 saturated heterocycles. The lowest BCUT2D eigenvalue weighted by Gasteiger charge is -2.23. The molecule has 12 heteroatoms. The van der Waals surface area contributed by atoms with Gasteiger partial charge in [0.15, 0.2) is 0 Å². The van der Waals surface area contributed by atoms with Gasteiger partial charge < -0.3 is 5.32 Å². The summed E-state index contributed by atoms with van der Waals surface area (Å²) in [7, 11) is 0. The predicted molar refractivity (Wildman–Crippen MR) is 106 cm³/mol. The number of alkyl halides is 6. The van der Waals surface area contributed by atoms with E-state index < -0.39 is 35.6 Å². The van der Waals surface area contributed by atoms with Crippen molar-refractivity contribution in [3.05, 3.63) is 75.8 Å². The van der Waals surface area contributed by atoms with Gasteiger partial charge in [0.25, 0.3) is 5.91 Å². The monoisotopic (exact) mass is 488 g/mol. The minimum atomic E-state index is -4.67. The van der Waals surface area contributed by atoms with E-state index in [2.05, 4.69) is 15.4 Å². The third kappa shape index (κ3) is 4.97. The molecule has 1 aliphatic carbocycles. The maximum atomic E-state index is 13.1. The fraction of sp³-hybridized carbons (Fsp3) is 0.286. The molecule has 0 fully saturated rings. The number of hydrogen-bond acceptors (Lipinski definition) is 3. The van der Waals surface area contributed by atoms with Crippen LogP contribution in [0.4, 0.5) is 26.3 Å². The van der Waals surface area contributed by atoms with Crippen molar-refractivity contribution in [3.63, 3.8) is 0 Å².